The van der Waals surface area contributed by atoms with E-state index in [1.165, 1.54) is 0 Å². The molecule has 0 spiro atoms. The van der Waals surface area contributed by atoms with Crippen LogP contribution in [0.2, 0.25) is 0 Å². The molecule has 16 heavy (non-hydrogen) atoms. The molecule has 1 aromatic rings. The molecule has 1 aromatic carbocycles. The van der Waals surface area contributed by atoms with Gasteiger partial charge in [0.05, 0.1) is 5.66 Å². The molecular weight excluding hydrogens is 243 g/mol. The fourth-order valence-corrected chi connectivity index (χ4v) is 2.87. The zero-order valence-electron chi connectivity index (χ0n) is 8.74. The lowest BCUT2D eigenvalue weighted by atomic mass is 9.84. The van der Waals surface area contributed by atoms with Crippen molar-refractivity contribution in [2.45, 2.75) is 22.3 Å². The number of benzene rings is 1. The number of rotatable bonds is 1. The third kappa shape index (κ3) is 2.41. The Bertz CT molecular complexity index is 399. The average molecular weight is 257 g/mol. The maximum Gasteiger partial charge on any atom is 0.131 e. The minimum absolute atomic E-state index is 0.0720. The van der Waals surface area contributed by atoms with Crippen LogP contribution in [0.15, 0.2) is 42.5 Å². The van der Waals surface area contributed by atoms with Crippen LogP contribution in [0.5, 0.6) is 0 Å². The fraction of sp³-hybridized carbons (Fsp3) is 0.333. The van der Waals surface area contributed by atoms with Crippen molar-refractivity contribution in [2.75, 3.05) is 0 Å². The Hall–Kier alpha value is -0.540. The first kappa shape index (κ1) is 11.9. The quantitative estimate of drug-likeness (QED) is 0.461. The van der Waals surface area contributed by atoms with Crippen LogP contribution in [-0.4, -0.2) is 10.00 Å². The Morgan fingerprint density at radius 2 is 1.75 bits per heavy atom. The summed E-state index contributed by atoms with van der Waals surface area (Å²) < 4.78 is -0.959. The molecule has 1 aliphatic rings. The predicted octanol–water partition coefficient (Wildman–Crippen LogP) is 2.52. The Morgan fingerprint density at radius 3 is 2.31 bits per heavy atom. The lowest BCUT2D eigenvalue weighted by Gasteiger charge is -2.38. The highest BCUT2D eigenvalue weighted by Crippen LogP contribution is 2.46. The summed E-state index contributed by atoms with van der Waals surface area (Å²) in [5.41, 5.74) is 11.8. The van der Waals surface area contributed by atoms with E-state index in [1.807, 2.05) is 36.4 Å². The molecule has 0 heterocycles. The monoisotopic (exact) mass is 256 g/mol. The Balaban J connectivity index is 2.36. The van der Waals surface area contributed by atoms with Crippen molar-refractivity contribution in [1.82, 2.24) is 0 Å². The van der Waals surface area contributed by atoms with Crippen molar-refractivity contribution in [1.29, 1.82) is 0 Å². The van der Waals surface area contributed by atoms with Gasteiger partial charge in [0.1, 0.15) is 4.33 Å². The highest BCUT2D eigenvalue weighted by atomic mass is 35.5. The van der Waals surface area contributed by atoms with Crippen molar-refractivity contribution < 1.29 is 0 Å². The van der Waals surface area contributed by atoms with E-state index in [2.05, 4.69) is 0 Å². The van der Waals surface area contributed by atoms with E-state index in [0.29, 0.717) is 6.42 Å². The van der Waals surface area contributed by atoms with Crippen molar-refractivity contribution in [2.24, 2.45) is 11.5 Å². The van der Waals surface area contributed by atoms with Gasteiger partial charge < -0.3 is 11.5 Å². The lowest BCUT2D eigenvalue weighted by molar-refractivity contribution is 0.430. The molecule has 0 aliphatic heterocycles. The zero-order chi connectivity index (χ0) is 11.8. The molecule has 1 aliphatic carbocycles. The average Bonchev–Trinajstić information content (AvgIpc) is 2.16. The van der Waals surface area contributed by atoms with E-state index in [0.717, 1.165) is 5.56 Å². The predicted molar refractivity (Wildman–Crippen MR) is 68.5 cm³/mol. The number of halogens is 2. The van der Waals surface area contributed by atoms with Crippen LogP contribution >= 0.6 is 23.2 Å². The molecule has 2 nitrogen and oxygen atoms in total. The van der Waals surface area contributed by atoms with Crippen molar-refractivity contribution in [3.8, 4) is 0 Å². The third-order valence-electron chi connectivity index (χ3n) is 2.75. The second kappa shape index (κ2) is 4.04. The maximum atomic E-state index is 6.31. The molecule has 0 fully saturated rings. The second-order valence-electron chi connectivity index (χ2n) is 4.30. The standard InChI is InChI=1S/C12H14Cl2N2/c13-12(14)8-11(15,16)7-6-10(12)9-4-2-1-3-5-9/h1-7,10H,8,15-16H2. The summed E-state index contributed by atoms with van der Waals surface area (Å²) >= 11 is 12.6. The van der Waals surface area contributed by atoms with Gasteiger partial charge in [0.2, 0.25) is 0 Å². The molecule has 0 saturated heterocycles. The third-order valence-corrected chi connectivity index (χ3v) is 3.49. The van der Waals surface area contributed by atoms with Crippen LogP contribution in [0.4, 0.5) is 0 Å². The van der Waals surface area contributed by atoms with Gasteiger partial charge in [-0.25, -0.2) is 0 Å². The summed E-state index contributed by atoms with van der Waals surface area (Å²) in [4.78, 5) is 0. The summed E-state index contributed by atoms with van der Waals surface area (Å²) in [6, 6.07) is 9.86. The molecule has 0 saturated carbocycles. The molecule has 0 amide bonds. The summed E-state index contributed by atoms with van der Waals surface area (Å²) in [5, 5.41) is 0. The zero-order valence-corrected chi connectivity index (χ0v) is 10.2. The number of hydrogen-bond acceptors (Lipinski definition) is 2. The van der Waals surface area contributed by atoms with Gasteiger partial charge in [-0.1, -0.05) is 42.5 Å². The topological polar surface area (TPSA) is 52.0 Å². The molecule has 86 valence electrons. The Labute approximate surface area is 105 Å². The molecule has 4 N–H and O–H groups in total. The van der Waals surface area contributed by atoms with Crippen LogP contribution in [-0.2, 0) is 0 Å². The van der Waals surface area contributed by atoms with Gasteiger partial charge in [-0.3, -0.25) is 0 Å². The van der Waals surface area contributed by atoms with Gasteiger partial charge in [0, 0.05) is 12.3 Å². The SMILES string of the molecule is NC1(N)C=CC(c2ccccc2)C(Cl)(Cl)C1. The van der Waals surface area contributed by atoms with E-state index in [9.17, 15) is 0 Å². The molecule has 4 heteroatoms. The maximum absolute atomic E-state index is 6.31. The van der Waals surface area contributed by atoms with Crippen LogP contribution in [0.3, 0.4) is 0 Å². The highest BCUT2D eigenvalue weighted by Gasteiger charge is 2.42. The summed E-state index contributed by atoms with van der Waals surface area (Å²) in [6.45, 7) is 0. The number of alkyl halides is 2. The van der Waals surface area contributed by atoms with Gasteiger partial charge >= 0.3 is 0 Å². The number of allylic oxidation sites excluding steroid dienone is 1. The molecule has 0 aromatic heterocycles. The molecule has 0 bridgehead atoms. The molecule has 2 rings (SSSR count). The number of hydrogen-bond donors (Lipinski definition) is 2. The summed E-state index contributed by atoms with van der Waals surface area (Å²) in [5.74, 6) is -0.0720. The van der Waals surface area contributed by atoms with Gasteiger partial charge in [0.25, 0.3) is 0 Å². The van der Waals surface area contributed by atoms with Gasteiger partial charge in [-0.15, -0.1) is 23.2 Å². The highest BCUT2D eigenvalue weighted by molar-refractivity contribution is 6.49. The second-order valence-corrected chi connectivity index (χ2v) is 5.84. The smallest absolute Gasteiger partial charge is 0.131 e. The minimum atomic E-state index is -0.959. The molecule has 1 unspecified atom stereocenters. The molecular formula is C12H14Cl2N2. The van der Waals surface area contributed by atoms with E-state index in [-0.39, 0.29) is 5.92 Å². The van der Waals surface area contributed by atoms with E-state index >= 15 is 0 Å². The Morgan fingerprint density at radius 1 is 1.12 bits per heavy atom. The lowest BCUT2D eigenvalue weighted by Crippen LogP contribution is -2.54. The van der Waals surface area contributed by atoms with Gasteiger partial charge in [0.15, 0.2) is 0 Å². The first-order valence-electron chi connectivity index (χ1n) is 5.11. The van der Waals surface area contributed by atoms with Gasteiger partial charge in [-0.05, 0) is 5.56 Å². The fourth-order valence-electron chi connectivity index (χ4n) is 2.01. The van der Waals surface area contributed by atoms with Crippen molar-refractivity contribution in [3.05, 3.63) is 48.0 Å². The molecule has 0 radical (unpaired) electrons. The van der Waals surface area contributed by atoms with E-state index < -0.39 is 10.00 Å². The summed E-state index contributed by atoms with van der Waals surface area (Å²) in [6.07, 6.45) is 3.99. The van der Waals surface area contributed by atoms with Crippen molar-refractivity contribution >= 4 is 23.2 Å². The van der Waals surface area contributed by atoms with Crippen LogP contribution in [0.1, 0.15) is 17.9 Å². The first-order chi connectivity index (χ1) is 7.41. The first-order valence-corrected chi connectivity index (χ1v) is 5.86. The van der Waals surface area contributed by atoms with Crippen LogP contribution in [0.25, 0.3) is 0 Å². The Kier molecular flexibility index (Phi) is 3.01. The molecule has 1 atom stereocenters. The van der Waals surface area contributed by atoms with Gasteiger partial charge in [-0.2, -0.15) is 0 Å². The normalized spacial score (nSPS) is 26.6. The van der Waals surface area contributed by atoms with Crippen LogP contribution < -0.4 is 11.5 Å². The minimum Gasteiger partial charge on any atom is -0.310 e. The van der Waals surface area contributed by atoms with E-state index in [4.69, 9.17) is 34.7 Å². The number of nitrogens with two attached hydrogens (primary N) is 2. The van der Waals surface area contributed by atoms with Crippen LogP contribution in [0, 0.1) is 0 Å². The summed E-state index contributed by atoms with van der Waals surface area (Å²) in [7, 11) is 0. The van der Waals surface area contributed by atoms with Crippen molar-refractivity contribution in [3.63, 3.8) is 0 Å². The largest absolute Gasteiger partial charge is 0.310 e. The van der Waals surface area contributed by atoms with E-state index in [1.54, 1.807) is 6.08 Å².